The molecule has 0 bridgehead atoms. The van der Waals surface area contributed by atoms with Gasteiger partial charge in [0.05, 0.1) is 0 Å². The van der Waals surface area contributed by atoms with Crippen LogP contribution >= 0.6 is 11.8 Å². The van der Waals surface area contributed by atoms with E-state index in [1.807, 2.05) is 11.8 Å². The standard InChI is InChI=1S/C15H25NS/c1-12(2)17-14-7-5-13(6-8-14)9-10-15(3,4)11-16/h5-8,12H,9-11,16H2,1-4H3. The lowest BCUT2D eigenvalue weighted by atomic mass is 9.86. The molecular weight excluding hydrogens is 226 g/mol. The van der Waals surface area contributed by atoms with Crippen molar-refractivity contribution in [1.29, 1.82) is 0 Å². The van der Waals surface area contributed by atoms with E-state index >= 15 is 0 Å². The van der Waals surface area contributed by atoms with Crippen molar-refractivity contribution in [2.24, 2.45) is 11.1 Å². The fourth-order valence-corrected chi connectivity index (χ4v) is 2.43. The van der Waals surface area contributed by atoms with Crippen molar-refractivity contribution in [3.63, 3.8) is 0 Å². The monoisotopic (exact) mass is 251 g/mol. The third-order valence-electron chi connectivity index (χ3n) is 2.94. The fraction of sp³-hybridized carbons (Fsp3) is 0.600. The molecule has 1 nitrogen and oxygen atoms in total. The van der Waals surface area contributed by atoms with Gasteiger partial charge in [0.1, 0.15) is 0 Å². The minimum absolute atomic E-state index is 0.255. The largest absolute Gasteiger partial charge is 0.330 e. The van der Waals surface area contributed by atoms with Gasteiger partial charge in [0.2, 0.25) is 0 Å². The SMILES string of the molecule is CC(C)Sc1ccc(CCC(C)(C)CN)cc1. The van der Waals surface area contributed by atoms with Crippen LogP contribution in [0.4, 0.5) is 0 Å². The Kier molecular flexibility index (Phi) is 5.54. The molecule has 1 aromatic rings. The van der Waals surface area contributed by atoms with Gasteiger partial charge in [0.25, 0.3) is 0 Å². The number of hydrogen-bond acceptors (Lipinski definition) is 2. The van der Waals surface area contributed by atoms with E-state index in [0.717, 1.165) is 19.4 Å². The summed E-state index contributed by atoms with van der Waals surface area (Å²) in [6, 6.07) is 8.96. The first kappa shape index (κ1) is 14.6. The number of benzene rings is 1. The highest BCUT2D eigenvalue weighted by molar-refractivity contribution is 7.99. The van der Waals surface area contributed by atoms with Gasteiger partial charge in [0, 0.05) is 10.1 Å². The third-order valence-corrected chi connectivity index (χ3v) is 3.95. The number of thioether (sulfide) groups is 1. The van der Waals surface area contributed by atoms with E-state index in [4.69, 9.17) is 5.73 Å². The third kappa shape index (κ3) is 5.60. The van der Waals surface area contributed by atoms with E-state index in [0.29, 0.717) is 5.25 Å². The molecule has 0 fully saturated rings. The molecular formula is C15H25NS. The number of hydrogen-bond donors (Lipinski definition) is 1. The molecule has 0 saturated carbocycles. The molecule has 0 unspecified atom stereocenters. The zero-order chi connectivity index (χ0) is 12.9. The second kappa shape index (κ2) is 6.46. The molecule has 2 N–H and O–H groups in total. The maximum atomic E-state index is 5.75. The molecule has 0 aliphatic rings. The fourth-order valence-electron chi connectivity index (χ4n) is 1.59. The zero-order valence-corrected chi connectivity index (χ0v) is 12.3. The predicted octanol–water partition coefficient (Wildman–Crippen LogP) is 4.10. The first-order valence-electron chi connectivity index (χ1n) is 6.38. The van der Waals surface area contributed by atoms with Crippen LogP contribution in [-0.4, -0.2) is 11.8 Å². The summed E-state index contributed by atoms with van der Waals surface area (Å²) in [5.41, 5.74) is 7.42. The van der Waals surface area contributed by atoms with E-state index in [9.17, 15) is 0 Å². The number of rotatable bonds is 6. The lowest BCUT2D eigenvalue weighted by molar-refractivity contribution is 0.348. The Morgan fingerprint density at radius 1 is 1.18 bits per heavy atom. The van der Waals surface area contributed by atoms with Gasteiger partial charge in [-0.25, -0.2) is 0 Å². The van der Waals surface area contributed by atoms with Gasteiger partial charge in [-0.2, -0.15) is 0 Å². The smallest absolute Gasteiger partial charge is 0.00747 e. The summed E-state index contributed by atoms with van der Waals surface area (Å²) in [7, 11) is 0. The summed E-state index contributed by atoms with van der Waals surface area (Å²) < 4.78 is 0. The van der Waals surface area contributed by atoms with Crippen LogP contribution in [0.25, 0.3) is 0 Å². The van der Waals surface area contributed by atoms with Crippen LogP contribution in [0.15, 0.2) is 29.2 Å². The van der Waals surface area contributed by atoms with Crippen molar-refractivity contribution < 1.29 is 0 Å². The highest BCUT2D eigenvalue weighted by Gasteiger charge is 2.14. The van der Waals surface area contributed by atoms with E-state index in [-0.39, 0.29) is 5.41 Å². The maximum absolute atomic E-state index is 5.75. The van der Waals surface area contributed by atoms with E-state index < -0.39 is 0 Å². The summed E-state index contributed by atoms with van der Waals surface area (Å²) in [6.07, 6.45) is 2.27. The van der Waals surface area contributed by atoms with Crippen LogP contribution < -0.4 is 5.73 Å². The van der Waals surface area contributed by atoms with Crippen LogP contribution in [0.2, 0.25) is 0 Å². The highest BCUT2D eigenvalue weighted by atomic mass is 32.2. The van der Waals surface area contributed by atoms with Crippen molar-refractivity contribution in [3.8, 4) is 0 Å². The molecule has 0 spiro atoms. The average molecular weight is 251 g/mol. The zero-order valence-electron chi connectivity index (χ0n) is 11.5. The minimum Gasteiger partial charge on any atom is -0.330 e. The molecule has 1 aromatic carbocycles. The molecule has 17 heavy (non-hydrogen) atoms. The van der Waals surface area contributed by atoms with Crippen molar-refractivity contribution >= 4 is 11.8 Å². The normalized spacial score (nSPS) is 12.1. The van der Waals surface area contributed by atoms with Crippen molar-refractivity contribution in [2.75, 3.05) is 6.54 Å². The maximum Gasteiger partial charge on any atom is 0.00747 e. The van der Waals surface area contributed by atoms with Gasteiger partial charge in [-0.05, 0) is 42.5 Å². The van der Waals surface area contributed by atoms with Crippen LogP contribution in [-0.2, 0) is 6.42 Å². The van der Waals surface area contributed by atoms with Crippen LogP contribution in [0.1, 0.15) is 39.7 Å². The Labute approximate surface area is 110 Å². The molecule has 0 atom stereocenters. The van der Waals surface area contributed by atoms with Gasteiger partial charge < -0.3 is 5.73 Å². The Morgan fingerprint density at radius 2 is 1.76 bits per heavy atom. The summed E-state index contributed by atoms with van der Waals surface area (Å²) >= 11 is 1.92. The van der Waals surface area contributed by atoms with E-state index in [1.165, 1.54) is 10.5 Å². The summed E-state index contributed by atoms with van der Waals surface area (Å²) in [5.74, 6) is 0. The number of aryl methyl sites for hydroxylation is 1. The molecule has 0 amide bonds. The predicted molar refractivity (Wildman–Crippen MR) is 78.6 cm³/mol. The molecule has 0 aliphatic carbocycles. The van der Waals surface area contributed by atoms with Crippen LogP contribution in [0, 0.1) is 5.41 Å². The molecule has 0 radical (unpaired) electrons. The lowest BCUT2D eigenvalue weighted by Crippen LogP contribution is -2.23. The van der Waals surface area contributed by atoms with E-state index in [1.54, 1.807) is 0 Å². The molecule has 0 aromatic heterocycles. The first-order valence-corrected chi connectivity index (χ1v) is 7.26. The van der Waals surface area contributed by atoms with Crippen LogP contribution in [0.3, 0.4) is 0 Å². The Morgan fingerprint density at radius 3 is 2.24 bits per heavy atom. The van der Waals surface area contributed by atoms with Crippen molar-refractivity contribution in [1.82, 2.24) is 0 Å². The molecule has 96 valence electrons. The van der Waals surface area contributed by atoms with Crippen molar-refractivity contribution in [3.05, 3.63) is 29.8 Å². The second-order valence-electron chi connectivity index (χ2n) is 5.68. The summed E-state index contributed by atoms with van der Waals surface area (Å²) in [4.78, 5) is 1.36. The molecule has 1 rings (SSSR count). The molecule has 0 saturated heterocycles. The lowest BCUT2D eigenvalue weighted by Gasteiger charge is -2.22. The van der Waals surface area contributed by atoms with Gasteiger partial charge in [0.15, 0.2) is 0 Å². The Balaban J connectivity index is 2.51. The van der Waals surface area contributed by atoms with E-state index in [2.05, 4.69) is 52.0 Å². The number of nitrogens with two attached hydrogens (primary N) is 1. The summed E-state index contributed by atoms with van der Waals surface area (Å²) in [6.45, 7) is 9.67. The topological polar surface area (TPSA) is 26.0 Å². The Bertz CT molecular complexity index is 327. The van der Waals surface area contributed by atoms with Gasteiger partial charge in [-0.15, -0.1) is 11.8 Å². The average Bonchev–Trinajstić information content (AvgIpc) is 2.28. The van der Waals surface area contributed by atoms with Gasteiger partial charge in [-0.3, -0.25) is 0 Å². The Hall–Kier alpha value is -0.470. The molecule has 0 aliphatic heterocycles. The second-order valence-corrected chi connectivity index (χ2v) is 7.33. The minimum atomic E-state index is 0.255. The summed E-state index contributed by atoms with van der Waals surface area (Å²) in [5, 5.41) is 0.650. The van der Waals surface area contributed by atoms with Gasteiger partial charge >= 0.3 is 0 Å². The first-order chi connectivity index (χ1) is 7.93. The highest BCUT2D eigenvalue weighted by Crippen LogP contribution is 2.25. The van der Waals surface area contributed by atoms with Crippen LogP contribution in [0.5, 0.6) is 0 Å². The molecule has 0 heterocycles. The molecule has 2 heteroatoms. The van der Waals surface area contributed by atoms with Crippen molar-refractivity contribution in [2.45, 2.75) is 50.7 Å². The van der Waals surface area contributed by atoms with Gasteiger partial charge in [-0.1, -0.05) is 39.8 Å². The quantitative estimate of drug-likeness (QED) is 0.770.